The number of hydrogen-bond donors (Lipinski definition) is 0. The normalized spacial score (nSPS) is 15.2. The van der Waals surface area contributed by atoms with E-state index in [0.29, 0.717) is 47.4 Å². The Balaban J connectivity index is 0.00000361. The van der Waals surface area contributed by atoms with Crippen LogP contribution in [0, 0.1) is 11.7 Å². The number of rotatable bonds is 8. The molecular weight excluding hydrogens is 523 g/mol. The van der Waals surface area contributed by atoms with Gasteiger partial charge in [0.15, 0.2) is 5.13 Å². The summed E-state index contributed by atoms with van der Waals surface area (Å²) in [6, 6.07) is 10.9. The van der Waals surface area contributed by atoms with Crippen molar-refractivity contribution in [2.75, 3.05) is 45.2 Å². The van der Waals surface area contributed by atoms with Crippen molar-refractivity contribution in [1.82, 2.24) is 14.2 Å². The highest BCUT2D eigenvalue weighted by Gasteiger charge is 2.29. The van der Waals surface area contributed by atoms with Gasteiger partial charge in [0, 0.05) is 25.2 Å². The molecule has 4 rings (SSSR count). The molecule has 0 unspecified atom stereocenters. The van der Waals surface area contributed by atoms with Gasteiger partial charge in [-0.15, -0.1) is 12.4 Å². The topological polar surface area (TPSA) is 73.8 Å². The molecule has 1 fully saturated rings. The van der Waals surface area contributed by atoms with Crippen LogP contribution in [0.15, 0.2) is 47.4 Å². The summed E-state index contributed by atoms with van der Waals surface area (Å²) in [6.07, 6.45) is 2.40. The molecule has 196 valence electrons. The lowest BCUT2D eigenvalue weighted by Gasteiger charge is -2.29. The Kier molecular flexibility index (Phi) is 9.45. The molecular formula is C25H32ClFN4O3S2. The van der Waals surface area contributed by atoms with E-state index in [1.165, 1.54) is 33.8 Å². The van der Waals surface area contributed by atoms with Crippen molar-refractivity contribution < 1.29 is 17.6 Å². The van der Waals surface area contributed by atoms with Crippen molar-refractivity contribution in [2.45, 2.75) is 31.1 Å². The summed E-state index contributed by atoms with van der Waals surface area (Å²) in [5.41, 5.74) is 0.607. The molecule has 1 aliphatic rings. The van der Waals surface area contributed by atoms with Gasteiger partial charge in [-0.2, -0.15) is 4.31 Å². The number of carbonyl (C=O) groups excluding carboxylic acids is 1. The molecule has 2 heterocycles. The van der Waals surface area contributed by atoms with Crippen LogP contribution in [0.1, 0.15) is 36.5 Å². The van der Waals surface area contributed by atoms with Gasteiger partial charge in [-0.3, -0.25) is 9.69 Å². The molecule has 11 heteroatoms. The van der Waals surface area contributed by atoms with Crippen molar-refractivity contribution in [3.63, 3.8) is 0 Å². The number of nitrogens with zero attached hydrogens (tertiary/aromatic N) is 4. The molecule has 0 saturated carbocycles. The van der Waals surface area contributed by atoms with E-state index < -0.39 is 15.8 Å². The van der Waals surface area contributed by atoms with Gasteiger partial charge < -0.3 is 4.90 Å². The molecule has 1 aromatic heterocycles. The zero-order chi connectivity index (χ0) is 25.2. The first-order valence-electron chi connectivity index (χ1n) is 11.8. The Bertz CT molecular complexity index is 1290. The SMILES string of the molecule is CC1CCN(S(=O)(=O)c2ccc(C(=O)N(CCCN(C)C)c3nc4c(F)cccc4s3)cc2)CC1.Cl. The van der Waals surface area contributed by atoms with E-state index in [1.54, 1.807) is 29.2 Å². The second kappa shape index (κ2) is 12.0. The third-order valence-electron chi connectivity index (χ3n) is 6.30. The Morgan fingerprint density at radius 2 is 1.78 bits per heavy atom. The molecule has 0 atom stereocenters. The standard InChI is InChI=1S/C25H31FN4O3S2.ClH/c1-18-12-16-29(17-13-18)35(32,33)20-10-8-19(9-11-20)24(31)30(15-5-14-28(2)3)25-27-23-21(26)6-4-7-22(23)34-25;/h4,6-11,18H,5,12-17H2,1-3H3;1H. The maximum absolute atomic E-state index is 14.2. The molecule has 36 heavy (non-hydrogen) atoms. The zero-order valence-electron chi connectivity index (χ0n) is 20.7. The van der Waals surface area contributed by atoms with Crippen molar-refractivity contribution in [2.24, 2.45) is 5.92 Å². The number of benzene rings is 2. The number of sulfonamides is 1. The lowest BCUT2D eigenvalue weighted by molar-refractivity contribution is 0.0986. The summed E-state index contributed by atoms with van der Waals surface area (Å²) in [5.74, 6) is -0.192. The summed E-state index contributed by atoms with van der Waals surface area (Å²) in [4.78, 5) is 21.7. The fraction of sp³-hybridized carbons (Fsp3) is 0.440. The van der Waals surface area contributed by atoms with Crippen LogP contribution in [0.4, 0.5) is 9.52 Å². The smallest absolute Gasteiger partial charge is 0.260 e. The Morgan fingerprint density at radius 3 is 2.39 bits per heavy atom. The van der Waals surface area contributed by atoms with Gasteiger partial charge in [0.25, 0.3) is 5.91 Å². The van der Waals surface area contributed by atoms with E-state index in [-0.39, 0.29) is 28.7 Å². The van der Waals surface area contributed by atoms with Crippen LogP contribution in [-0.2, 0) is 10.0 Å². The number of halogens is 2. The quantitative estimate of drug-likeness (QED) is 0.397. The minimum absolute atomic E-state index is 0. The van der Waals surface area contributed by atoms with Gasteiger partial charge >= 0.3 is 0 Å². The summed E-state index contributed by atoms with van der Waals surface area (Å²) < 4.78 is 42.5. The molecule has 0 radical (unpaired) electrons. The molecule has 0 spiro atoms. The number of hydrogen-bond acceptors (Lipinski definition) is 6. The minimum atomic E-state index is -3.60. The Hall–Kier alpha value is -2.11. The maximum Gasteiger partial charge on any atom is 0.260 e. The largest absolute Gasteiger partial charge is 0.309 e. The molecule has 2 aromatic carbocycles. The number of thiazole rings is 1. The third kappa shape index (κ3) is 6.23. The fourth-order valence-electron chi connectivity index (χ4n) is 4.15. The third-order valence-corrected chi connectivity index (χ3v) is 9.26. The Morgan fingerprint density at radius 1 is 1.11 bits per heavy atom. The molecule has 3 aromatic rings. The average molecular weight is 555 g/mol. The zero-order valence-corrected chi connectivity index (χ0v) is 23.1. The lowest BCUT2D eigenvalue weighted by atomic mass is 10.0. The number of anilines is 1. The first-order valence-corrected chi connectivity index (χ1v) is 14.0. The maximum atomic E-state index is 14.2. The van der Waals surface area contributed by atoms with Crippen molar-refractivity contribution >= 4 is 55.0 Å². The average Bonchev–Trinajstić information content (AvgIpc) is 3.27. The second-order valence-electron chi connectivity index (χ2n) is 9.31. The van der Waals surface area contributed by atoms with E-state index in [1.807, 2.05) is 19.0 Å². The van der Waals surface area contributed by atoms with E-state index in [9.17, 15) is 17.6 Å². The molecule has 1 saturated heterocycles. The van der Waals surface area contributed by atoms with Crippen LogP contribution in [0.3, 0.4) is 0 Å². The summed E-state index contributed by atoms with van der Waals surface area (Å²) in [5, 5.41) is 0.424. The number of amides is 1. The van der Waals surface area contributed by atoms with Gasteiger partial charge in [0.2, 0.25) is 10.0 Å². The van der Waals surface area contributed by atoms with Crippen LogP contribution in [0.2, 0.25) is 0 Å². The van der Waals surface area contributed by atoms with Crippen LogP contribution in [0.5, 0.6) is 0 Å². The van der Waals surface area contributed by atoms with E-state index in [2.05, 4.69) is 11.9 Å². The number of para-hydroxylation sites is 1. The molecule has 7 nitrogen and oxygen atoms in total. The van der Waals surface area contributed by atoms with Crippen molar-refractivity contribution in [3.05, 3.63) is 53.8 Å². The van der Waals surface area contributed by atoms with Gasteiger partial charge in [-0.25, -0.2) is 17.8 Å². The summed E-state index contributed by atoms with van der Waals surface area (Å²) >= 11 is 1.27. The highest BCUT2D eigenvalue weighted by Crippen LogP contribution is 2.31. The first kappa shape index (κ1) is 28.5. The molecule has 0 bridgehead atoms. The number of piperidine rings is 1. The molecule has 1 amide bonds. The molecule has 0 N–H and O–H groups in total. The second-order valence-corrected chi connectivity index (χ2v) is 12.3. The van der Waals surface area contributed by atoms with E-state index >= 15 is 0 Å². The van der Waals surface area contributed by atoms with Gasteiger partial charge in [0.05, 0.1) is 9.60 Å². The van der Waals surface area contributed by atoms with E-state index in [0.717, 1.165) is 19.4 Å². The lowest BCUT2D eigenvalue weighted by Crippen LogP contribution is -2.38. The number of fused-ring (bicyclic) bond motifs is 1. The number of carbonyl (C=O) groups is 1. The molecule has 0 aliphatic carbocycles. The van der Waals surface area contributed by atoms with Crippen molar-refractivity contribution in [3.8, 4) is 0 Å². The number of aromatic nitrogens is 1. The van der Waals surface area contributed by atoms with Crippen LogP contribution < -0.4 is 4.90 Å². The monoisotopic (exact) mass is 554 g/mol. The highest BCUT2D eigenvalue weighted by molar-refractivity contribution is 7.89. The predicted molar refractivity (Wildman–Crippen MR) is 145 cm³/mol. The fourth-order valence-corrected chi connectivity index (χ4v) is 6.62. The van der Waals surface area contributed by atoms with E-state index in [4.69, 9.17) is 0 Å². The summed E-state index contributed by atoms with van der Waals surface area (Å²) in [6.45, 7) is 4.34. The van der Waals surface area contributed by atoms with Crippen LogP contribution >= 0.6 is 23.7 Å². The van der Waals surface area contributed by atoms with Crippen LogP contribution in [0.25, 0.3) is 10.2 Å². The first-order chi connectivity index (χ1) is 16.7. The van der Waals surface area contributed by atoms with Crippen molar-refractivity contribution in [1.29, 1.82) is 0 Å². The summed E-state index contributed by atoms with van der Waals surface area (Å²) in [7, 11) is 0.324. The highest BCUT2D eigenvalue weighted by atomic mass is 35.5. The minimum Gasteiger partial charge on any atom is -0.309 e. The van der Waals surface area contributed by atoms with Gasteiger partial charge in [0.1, 0.15) is 11.3 Å². The predicted octanol–water partition coefficient (Wildman–Crippen LogP) is 4.88. The van der Waals surface area contributed by atoms with Gasteiger partial charge in [-0.1, -0.05) is 24.3 Å². The van der Waals surface area contributed by atoms with Gasteiger partial charge in [-0.05, 0) is 82.2 Å². The molecule has 1 aliphatic heterocycles. The van der Waals surface area contributed by atoms with Crippen LogP contribution in [-0.4, -0.2) is 68.8 Å². The Labute approximate surface area is 222 Å².